The van der Waals surface area contributed by atoms with Crippen LogP contribution in [0.3, 0.4) is 0 Å². The molecule has 0 aromatic heterocycles. The first-order valence-corrected chi connectivity index (χ1v) is 6.90. The van der Waals surface area contributed by atoms with Crippen molar-refractivity contribution in [3.8, 4) is 11.5 Å². The Kier molecular flexibility index (Phi) is 2.62. The maximum atomic E-state index is 10.6. The molecule has 2 saturated heterocycles. The number of hydrogen-bond donors (Lipinski definition) is 2. The molecular formula is C16H16O4. The summed E-state index contributed by atoms with van der Waals surface area (Å²) >= 11 is 0. The van der Waals surface area contributed by atoms with Gasteiger partial charge in [0.15, 0.2) is 0 Å². The van der Waals surface area contributed by atoms with E-state index >= 15 is 0 Å². The molecular weight excluding hydrogens is 256 g/mol. The molecule has 2 aromatic rings. The predicted octanol–water partition coefficient (Wildman–Crippen LogP) is 2.13. The third kappa shape index (κ3) is 2.21. The van der Waals surface area contributed by atoms with Crippen molar-refractivity contribution in [3.05, 3.63) is 35.4 Å². The molecule has 4 rings (SSSR count). The first kappa shape index (κ1) is 12.0. The highest BCUT2D eigenvalue weighted by molar-refractivity contribution is 5.91. The first-order chi connectivity index (χ1) is 9.70. The lowest BCUT2D eigenvalue weighted by molar-refractivity contribution is 0.397. The number of fused-ring (bicyclic) bond motifs is 1. The van der Waals surface area contributed by atoms with Crippen molar-refractivity contribution in [1.29, 1.82) is 0 Å². The average Bonchev–Trinajstić information content (AvgIpc) is 3.29. The molecule has 2 aliphatic heterocycles. The smallest absolute Gasteiger partial charge is 0.126 e. The van der Waals surface area contributed by atoms with Crippen molar-refractivity contribution in [2.24, 2.45) is 0 Å². The van der Waals surface area contributed by atoms with Crippen molar-refractivity contribution in [3.63, 3.8) is 0 Å². The molecule has 0 spiro atoms. The topological polar surface area (TPSA) is 65.5 Å². The molecule has 0 amide bonds. The molecule has 0 aliphatic carbocycles. The summed E-state index contributed by atoms with van der Waals surface area (Å²) in [6.07, 6.45) is 2.05. The number of ether oxygens (including phenoxy) is 2. The number of epoxide rings is 2. The second kappa shape index (κ2) is 4.36. The third-order valence-corrected chi connectivity index (χ3v) is 3.98. The summed E-state index contributed by atoms with van der Waals surface area (Å²) in [5.74, 6) is 0.525. The van der Waals surface area contributed by atoms with Crippen LogP contribution in [0, 0.1) is 0 Å². The van der Waals surface area contributed by atoms with Crippen LogP contribution in [0.2, 0.25) is 0 Å². The zero-order valence-corrected chi connectivity index (χ0v) is 11.0. The van der Waals surface area contributed by atoms with E-state index < -0.39 is 0 Å². The van der Waals surface area contributed by atoms with Crippen LogP contribution in [-0.4, -0.2) is 35.6 Å². The van der Waals surface area contributed by atoms with Crippen LogP contribution in [0.5, 0.6) is 11.5 Å². The summed E-state index contributed by atoms with van der Waals surface area (Å²) in [7, 11) is 0. The Labute approximate surface area is 116 Å². The molecule has 2 unspecified atom stereocenters. The van der Waals surface area contributed by atoms with E-state index in [9.17, 15) is 10.2 Å². The maximum absolute atomic E-state index is 10.6. The summed E-state index contributed by atoms with van der Waals surface area (Å²) in [5, 5.41) is 21.8. The summed E-state index contributed by atoms with van der Waals surface area (Å²) < 4.78 is 10.6. The van der Waals surface area contributed by atoms with Crippen molar-refractivity contribution in [2.45, 2.75) is 25.0 Å². The molecule has 2 atom stereocenters. The number of rotatable bonds is 4. The molecule has 4 heteroatoms. The number of aromatic hydroxyl groups is 2. The van der Waals surface area contributed by atoms with Gasteiger partial charge in [0.2, 0.25) is 0 Å². The molecule has 2 fully saturated rings. The predicted molar refractivity (Wildman–Crippen MR) is 74.2 cm³/mol. The minimum absolute atomic E-state index is 0.212. The monoisotopic (exact) mass is 272 g/mol. The van der Waals surface area contributed by atoms with Gasteiger partial charge in [-0.1, -0.05) is 6.07 Å². The van der Waals surface area contributed by atoms with Crippen LogP contribution >= 0.6 is 0 Å². The van der Waals surface area contributed by atoms with Crippen molar-refractivity contribution < 1.29 is 19.7 Å². The molecule has 0 bridgehead atoms. The molecule has 104 valence electrons. The molecule has 4 nitrogen and oxygen atoms in total. The zero-order valence-electron chi connectivity index (χ0n) is 11.0. The van der Waals surface area contributed by atoms with Gasteiger partial charge in [-0.2, -0.15) is 0 Å². The lowest BCUT2D eigenvalue weighted by Gasteiger charge is -2.13. The van der Waals surface area contributed by atoms with Gasteiger partial charge in [0.1, 0.15) is 11.5 Å². The van der Waals surface area contributed by atoms with Crippen molar-refractivity contribution >= 4 is 10.8 Å². The molecule has 2 heterocycles. The Hall–Kier alpha value is -1.78. The van der Waals surface area contributed by atoms with E-state index in [0.717, 1.165) is 48.0 Å². The average molecular weight is 272 g/mol. The minimum atomic E-state index is 0.212. The Morgan fingerprint density at radius 2 is 1.70 bits per heavy atom. The second-order valence-electron chi connectivity index (χ2n) is 5.59. The highest BCUT2D eigenvalue weighted by Crippen LogP contribution is 2.37. The number of benzene rings is 2. The van der Waals surface area contributed by atoms with Gasteiger partial charge in [-0.05, 0) is 29.1 Å². The quantitative estimate of drug-likeness (QED) is 0.837. The summed E-state index contributed by atoms with van der Waals surface area (Å²) in [4.78, 5) is 0. The van der Waals surface area contributed by atoms with Crippen LogP contribution in [0.25, 0.3) is 10.8 Å². The molecule has 0 saturated carbocycles. The fourth-order valence-corrected chi connectivity index (χ4v) is 2.73. The Bertz CT molecular complexity index is 672. The lowest BCUT2D eigenvalue weighted by atomic mass is 9.93. The van der Waals surface area contributed by atoms with Crippen LogP contribution in [0.1, 0.15) is 11.1 Å². The maximum Gasteiger partial charge on any atom is 0.126 e. The highest BCUT2D eigenvalue weighted by atomic mass is 16.6. The standard InChI is InChI=1S/C16H16O4/c17-11-1-2-14-9(4-11)3-10(5-12-7-19-12)15(16(14)18)6-13-8-20-13/h1-4,12-13,17-18H,5-8H2. The first-order valence-electron chi connectivity index (χ1n) is 6.90. The van der Waals surface area contributed by atoms with E-state index in [0.29, 0.717) is 5.75 Å². The normalized spacial score (nSPS) is 24.0. The second-order valence-corrected chi connectivity index (χ2v) is 5.59. The van der Waals surface area contributed by atoms with Gasteiger partial charge >= 0.3 is 0 Å². The minimum Gasteiger partial charge on any atom is -0.508 e. The largest absolute Gasteiger partial charge is 0.508 e. The number of phenolic OH excluding ortho intramolecular Hbond substituents is 2. The van der Waals surface area contributed by atoms with E-state index in [-0.39, 0.29) is 18.0 Å². The van der Waals surface area contributed by atoms with Crippen molar-refractivity contribution in [2.75, 3.05) is 13.2 Å². The van der Waals surface area contributed by atoms with E-state index in [4.69, 9.17) is 9.47 Å². The van der Waals surface area contributed by atoms with Crippen LogP contribution in [0.15, 0.2) is 24.3 Å². The van der Waals surface area contributed by atoms with Crippen molar-refractivity contribution in [1.82, 2.24) is 0 Å². The van der Waals surface area contributed by atoms with E-state index in [1.165, 1.54) is 0 Å². The zero-order chi connectivity index (χ0) is 13.7. The molecule has 0 radical (unpaired) electrons. The summed E-state index contributed by atoms with van der Waals surface area (Å²) in [5.41, 5.74) is 2.06. The highest BCUT2D eigenvalue weighted by Gasteiger charge is 2.29. The van der Waals surface area contributed by atoms with E-state index in [2.05, 4.69) is 0 Å². The number of hydrogen-bond acceptors (Lipinski definition) is 4. The Balaban J connectivity index is 1.85. The summed E-state index contributed by atoms with van der Waals surface area (Å²) in [6, 6.07) is 7.09. The fraction of sp³-hybridized carbons (Fsp3) is 0.375. The van der Waals surface area contributed by atoms with Gasteiger partial charge in [0, 0.05) is 23.8 Å². The van der Waals surface area contributed by atoms with Crippen LogP contribution in [0.4, 0.5) is 0 Å². The van der Waals surface area contributed by atoms with Gasteiger partial charge in [-0.25, -0.2) is 0 Å². The Morgan fingerprint density at radius 1 is 1.00 bits per heavy atom. The van der Waals surface area contributed by atoms with Gasteiger partial charge in [0.05, 0.1) is 25.4 Å². The van der Waals surface area contributed by atoms with E-state index in [1.54, 1.807) is 18.2 Å². The van der Waals surface area contributed by atoms with Crippen LogP contribution < -0.4 is 0 Å². The molecule has 20 heavy (non-hydrogen) atoms. The third-order valence-electron chi connectivity index (χ3n) is 3.98. The molecule has 2 N–H and O–H groups in total. The fourth-order valence-electron chi connectivity index (χ4n) is 2.73. The lowest BCUT2D eigenvalue weighted by Crippen LogP contribution is -2.03. The van der Waals surface area contributed by atoms with Gasteiger partial charge in [-0.15, -0.1) is 0 Å². The molecule has 2 aliphatic rings. The number of phenols is 2. The van der Waals surface area contributed by atoms with E-state index in [1.807, 2.05) is 6.07 Å². The van der Waals surface area contributed by atoms with Gasteiger partial charge in [0.25, 0.3) is 0 Å². The summed E-state index contributed by atoms with van der Waals surface area (Å²) in [6.45, 7) is 1.56. The SMILES string of the molecule is Oc1ccc2c(O)c(CC3CO3)c(CC3CO3)cc2c1. The Morgan fingerprint density at radius 3 is 2.40 bits per heavy atom. The van der Waals surface area contributed by atoms with Gasteiger partial charge in [-0.3, -0.25) is 0 Å². The molecule has 2 aromatic carbocycles. The van der Waals surface area contributed by atoms with Crippen LogP contribution in [-0.2, 0) is 22.3 Å². The van der Waals surface area contributed by atoms with Gasteiger partial charge < -0.3 is 19.7 Å².